The Bertz CT molecular complexity index is 794. The summed E-state index contributed by atoms with van der Waals surface area (Å²) in [4.78, 5) is 25.2. The predicted octanol–water partition coefficient (Wildman–Crippen LogP) is 4.17. The summed E-state index contributed by atoms with van der Waals surface area (Å²) in [7, 11) is 0. The van der Waals surface area contributed by atoms with E-state index in [1.807, 2.05) is 12.1 Å². The van der Waals surface area contributed by atoms with Gasteiger partial charge in [0.1, 0.15) is 5.76 Å². The van der Waals surface area contributed by atoms with Gasteiger partial charge in [-0.3, -0.25) is 9.59 Å². The number of aliphatic hydroxyl groups is 1. The van der Waals surface area contributed by atoms with Gasteiger partial charge >= 0.3 is 0 Å². The lowest BCUT2D eigenvalue weighted by molar-refractivity contribution is -0.111. The number of ketones is 2. The number of rotatable bonds is 3. The Morgan fingerprint density at radius 3 is 2.23 bits per heavy atom. The number of benzene rings is 2. The van der Waals surface area contributed by atoms with Gasteiger partial charge in [-0.15, -0.1) is 11.8 Å². The van der Waals surface area contributed by atoms with Gasteiger partial charge in [0.2, 0.25) is 11.6 Å². The van der Waals surface area contributed by atoms with Gasteiger partial charge in [0.25, 0.3) is 0 Å². The Labute approximate surface area is 136 Å². The van der Waals surface area contributed by atoms with E-state index in [4.69, 9.17) is 11.6 Å². The fourth-order valence-electron chi connectivity index (χ4n) is 2.24. The van der Waals surface area contributed by atoms with Crippen molar-refractivity contribution in [3.8, 4) is 0 Å². The second-order valence-corrected chi connectivity index (χ2v) is 6.26. The maximum Gasteiger partial charge on any atom is 0.234 e. The molecule has 0 saturated carbocycles. The van der Waals surface area contributed by atoms with Crippen LogP contribution in [0.25, 0.3) is 5.76 Å². The van der Waals surface area contributed by atoms with E-state index < -0.39 is 11.6 Å². The monoisotopic (exact) mass is 330 g/mol. The minimum absolute atomic E-state index is 0.110. The minimum Gasteiger partial charge on any atom is -0.507 e. The van der Waals surface area contributed by atoms with E-state index in [0.717, 1.165) is 4.90 Å². The van der Waals surface area contributed by atoms with Gasteiger partial charge in [0, 0.05) is 26.8 Å². The lowest BCUT2D eigenvalue weighted by Crippen LogP contribution is -2.25. The highest BCUT2D eigenvalue weighted by Crippen LogP contribution is 2.31. The largest absolute Gasteiger partial charge is 0.507 e. The molecule has 1 N–H and O–H groups in total. The fraction of sp³-hybridized carbons (Fsp3) is 0.0588. The zero-order chi connectivity index (χ0) is 15.7. The fourth-order valence-corrected chi connectivity index (χ4v) is 3.27. The molecule has 0 saturated heterocycles. The summed E-state index contributed by atoms with van der Waals surface area (Å²) in [5, 5.41) is 10.9. The molecule has 0 bridgehead atoms. The van der Waals surface area contributed by atoms with Crippen LogP contribution in [0.15, 0.2) is 59.0 Å². The number of aliphatic hydroxyl groups excluding tert-OH is 1. The number of hydrogen-bond acceptors (Lipinski definition) is 4. The van der Waals surface area contributed by atoms with Gasteiger partial charge in [-0.25, -0.2) is 0 Å². The molecule has 1 aliphatic rings. The summed E-state index contributed by atoms with van der Waals surface area (Å²) < 4.78 is 0. The molecule has 2 aromatic carbocycles. The molecule has 5 heteroatoms. The molecule has 2 aromatic rings. The Balaban J connectivity index is 1.91. The third kappa shape index (κ3) is 2.67. The maximum absolute atomic E-state index is 12.2. The maximum atomic E-state index is 12.2. The average Bonchev–Trinajstić information content (AvgIpc) is 2.54. The molecule has 3 nitrogen and oxygen atoms in total. The molecule has 22 heavy (non-hydrogen) atoms. The molecule has 0 unspecified atom stereocenters. The van der Waals surface area contributed by atoms with Gasteiger partial charge in [-0.1, -0.05) is 35.9 Å². The Kier molecular flexibility index (Phi) is 4.05. The van der Waals surface area contributed by atoms with Gasteiger partial charge in [-0.05, 0) is 24.3 Å². The standard InChI is InChI=1S/C17H11ClO3S/c18-10-5-7-11(8-6-10)22-9-14-15(19)12-3-1-2-4-13(12)16(20)17(14)21/h1-8,19H,9H2. The van der Waals surface area contributed by atoms with Crippen molar-refractivity contribution in [2.45, 2.75) is 4.90 Å². The van der Waals surface area contributed by atoms with E-state index in [1.165, 1.54) is 11.8 Å². The SMILES string of the molecule is O=C1C(=O)c2ccccc2C(O)=C1CSc1ccc(Cl)cc1. The first-order chi connectivity index (χ1) is 10.6. The van der Waals surface area contributed by atoms with Crippen molar-refractivity contribution >= 4 is 40.7 Å². The lowest BCUT2D eigenvalue weighted by atomic mass is 9.89. The number of halogens is 1. The highest BCUT2D eigenvalue weighted by atomic mass is 35.5. The smallest absolute Gasteiger partial charge is 0.234 e. The molecule has 0 amide bonds. The zero-order valence-corrected chi connectivity index (χ0v) is 12.9. The predicted molar refractivity (Wildman–Crippen MR) is 87.5 cm³/mol. The Hall–Kier alpha value is -2.04. The normalized spacial score (nSPS) is 14.2. The van der Waals surface area contributed by atoms with Crippen LogP contribution in [0.4, 0.5) is 0 Å². The quantitative estimate of drug-likeness (QED) is 0.678. The second kappa shape index (κ2) is 5.99. The molecule has 0 atom stereocenters. The molecule has 0 heterocycles. The van der Waals surface area contributed by atoms with Gasteiger partial charge in [-0.2, -0.15) is 0 Å². The number of carbonyl (C=O) groups excluding carboxylic acids is 2. The summed E-state index contributed by atoms with van der Waals surface area (Å²) in [6.45, 7) is 0. The van der Waals surface area contributed by atoms with Gasteiger partial charge < -0.3 is 5.11 Å². The van der Waals surface area contributed by atoms with E-state index in [0.29, 0.717) is 10.6 Å². The third-order valence-corrected chi connectivity index (χ3v) is 4.68. The van der Waals surface area contributed by atoms with E-state index in [2.05, 4.69) is 0 Å². The lowest BCUT2D eigenvalue weighted by Gasteiger charge is -2.17. The van der Waals surface area contributed by atoms with Crippen LogP contribution in [0.3, 0.4) is 0 Å². The van der Waals surface area contributed by atoms with Crippen molar-refractivity contribution in [2.75, 3.05) is 5.75 Å². The molecule has 0 fully saturated rings. The molecular weight excluding hydrogens is 320 g/mol. The highest BCUT2D eigenvalue weighted by molar-refractivity contribution is 7.99. The van der Waals surface area contributed by atoms with Crippen molar-refractivity contribution in [1.29, 1.82) is 0 Å². The third-order valence-electron chi connectivity index (χ3n) is 3.39. The number of Topliss-reactive ketones (excluding diaryl/α,β-unsaturated/α-hetero) is 2. The van der Waals surface area contributed by atoms with Crippen molar-refractivity contribution in [2.24, 2.45) is 0 Å². The first kappa shape index (κ1) is 14.9. The molecule has 0 radical (unpaired) electrons. The van der Waals surface area contributed by atoms with Crippen LogP contribution in [-0.4, -0.2) is 22.4 Å². The van der Waals surface area contributed by atoms with E-state index >= 15 is 0 Å². The van der Waals surface area contributed by atoms with Crippen LogP contribution in [-0.2, 0) is 4.79 Å². The average molecular weight is 331 g/mol. The zero-order valence-electron chi connectivity index (χ0n) is 11.4. The van der Waals surface area contributed by atoms with Crippen LogP contribution in [0.1, 0.15) is 15.9 Å². The van der Waals surface area contributed by atoms with Gasteiger partial charge in [0.05, 0.1) is 5.57 Å². The number of hydrogen-bond donors (Lipinski definition) is 1. The molecular formula is C17H11ClO3S. The van der Waals surface area contributed by atoms with Crippen LogP contribution in [0.2, 0.25) is 5.02 Å². The van der Waals surface area contributed by atoms with Crippen LogP contribution in [0.5, 0.6) is 0 Å². The minimum atomic E-state index is -0.641. The molecule has 1 aliphatic carbocycles. The summed E-state index contributed by atoms with van der Waals surface area (Å²) in [6.07, 6.45) is 0. The summed E-state index contributed by atoms with van der Waals surface area (Å²) in [5.41, 5.74) is 0.813. The molecule has 0 spiro atoms. The Morgan fingerprint density at radius 2 is 1.55 bits per heavy atom. The van der Waals surface area contributed by atoms with Gasteiger partial charge in [0.15, 0.2) is 0 Å². The summed E-state index contributed by atoms with van der Waals surface area (Å²) in [6, 6.07) is 13.7. The molecule has 0 aromatic heterocycles. The first-order valence-electron chi connectivity index (χ1n) is 6.57. The first-order valence-corrected chi connectivity index (χ1v) is 7.93. The van der Waals surface area contributed by atoms with Crippen LogP contribution < -0.4 is 0 Å². The summed E-state index contributed by atoms with van der Waals surface area (Å²) >= 11 is 7.20. The van der Waals surface area contributed by atoms with E-state index in [9.17, 15) is 14.7 Å². The van der Waals surface area contributed by atoms with Crippen molar-refractivity contribution in [3.05, 3.63) is 70.3 Å². The van der Waals surface area contributed by atoms with E-state index in [-0.39, 0.29) is 22.6 Å². The Morgan fingerprint density at radius 1 is 0.909 bits per heavy atom. The molecule has 110 valence electrons. The second-order valence-electron chi connectivity index (χ2n) is 4.77. The summed E-state index contributed by atoms with van der Waals surface area (Å²) in [5.74, 6) is -1.09. The number of carbonyl (C=O) groups is 2. The van der Waals surface area contributed by atoms with Crippen molar-refractivity contribution in [1.82, 2.24) is 0 Å². The number of thioether (sulfide) groups is 1. The van der Waals surface area contributed by atoms with Crippen LogP contribution in [0, 0.1) is 0 Å². The highest BCUT2D eigenvalue weighted by Gasteiger charge is 2.32. The van der Waals surface area contributed by atoms with Crippen molar-refractivity contribution in [3.63, 3.8) is 0 Å². The number of fused-ring (bicyclic) bond motifs is 1. The van der Waals surface area contributed by atoms with Crippen molar-refractivity contribution < 1.29 is 14.7 Å². The topological polar surface area (TPSA) is 54.4 Å². The molecule has 0 aliphatic heterocycles. The molecule has 3 rings (SSSR count). The van der Waals surface area contributed by atoms with Crippen LogP contribution >= 0.6 is 23.4 Å². The van der Waals surface area contributed by atoms with E-state index in [1.54, 1.807) is 36.4 Å².